The molecule has 2 N–H and O–H groups in total. The zero-order valence-corrected chi connectivity index (χ0v) is 12.1. The Balaban J connectivity index is 2.03. The number of methoxy groups -OCH3 is 2. The minimum Gasteiger partial charge on any atom is -0.493 e. The lowest BCUT2D eigenvalue weighted by Gasteiger charge is -2.35. The highest BCUT2D eigenvalue weighted by Crippen LogP contribution is 2.28. The molecule has 1 fully saturated rings. The average molecular weight is 264 g/mol. The van der Waals surface area contributed by atoms with E-state index in [4.69, 9.17) is 15.2 Å². The van der Waals surface area contributed by atoms with Gasteiger partial charge in [-0.15, -0.1) is 0 Å². The summed E-state index contributed by atoms with van der Waals surface area (Å²) >= 11 is 0. The second-order valence-electron chi connectivity index (χ2n) is 5.35. The molecule has 1 saturated heterocycles. The molecule has 19 heavy (non-hydrogen) atoms. The molecule has 1 aliphatic rings. The van der Waals surface area contributed by atoms with Crippen LogP contribution in [0.5, 0.6) is 11.5 Å². The van der Waals surface area contributed by atoms with Crippen LogP contribution in [0.25, 0.3) is 0 Å². The van der Waals surface area contributed by atoms with Crippen molar-refractivity contribution in [3.63, 3.8) is 0 Å². The molecule has 2 rings (SSSR count). The monoisotopic (exact) mass is 264 g/mol. The lowest BCUT2D eigenvalue weighted by atomic mass is 9.94. The smallest absolute Gasteiger partial charge is 0.161 e. The Labute approximate surface area is 115 Å². The number of nitrogens with two attached hydrogens (primary N) is 1. The van der Waals surface area contributed by atoms with Gasteiger partial charge in [0, 0.05) is 19.1 Å². The fourth-order valence-corrected chi connectivity index (χ4v) is 2.63. The summed E-state index contributed by atoms with van der Waals surface area (Å²) in [5, 5.41) is 0. The highest BCUT2D eigenvalue weighted by Gasteiger charge is 2.23. The average Bonchev–Trinajstić information content (AvgIpc) is 2.43. The number of hydrogen-bond donors (Lipinski definition) is 1. The Morgan fingerprint density at radius 1 is 1.26 bits per heavy atom. The predicted octanol–water partition coefficient (Wildman–Crippen LogP) is 1.87. The van der Waals surface area contributed by atoms with Crippen molar-refractivity contribution in [3.8, 4) is 11.5 Å². The standard InChI is InChI=1S/C15H24N2O2/c1-11-9-17(7-6-13(11)16)10-12-4-5-14(18-2)15(8-12)19-3/h4-5,8,11,13H,6-7,9-10,16H2,1-3H3. The summed E-state index contributed by atoms with van der Waals surface area (Å²) in [5.41, 5.74) is 7.30. The molecule has 4 nitrogen and oxygen atoms in total. The molecule has 0 aromatic heterocycles. The number of nitrogens with zero attached hydrogens (tertiary/aromatic N) is 1. The van der Waals surface area contributed by atoms with Gasteiger partial charge >= 0.3 is 0 Å². The molecular formula is C15H24N2O2. The van der Waals surface area contributed by atoms with Crippen LogP contribution in [0.1, 0.15) is 18.9 Å². The van der Waals surface area contributed by atoms with E-state index in [1.807, 2.05) is 6.07 Å². The maximum atomic E-state index is 6.05. The van der Waals surface area contributed by atoms with Crippen LogP contribution in [0.2, 0.25) is 0 Å². The number of piperidine rings is 1. The SMILES string of the molecule is COc1ccc(CN2CCC(N)C(C)C2)cc1OC. The Morgan fingerprint density at radius 3 is 2.63 bits per heavy atom. The van der Waals surface area contributed by atoms with E-state index in [9.17, 15) is 0 Å². The van der Waals surface area contributed by atoms with Gasteiger partial charge in [0.1, 0.15) is 0 Å². The van der Waals surface area contributed by atoms with Crippen molar-refractivity contribution >= 4 is 0 Å². The normalized spacial score (nSPS) is 24.2. The van der Waals surface area contributed by atoms with Gasteiger partial charge in [0.15, 0.2) is 11.5 Å². The topological polar surface area (TPSA) is 47.7 Å². The van der Waals surface area contributed by atoms with Crippen LogP contribution in [0, 0.1) is 5.92 Å². The van der Waals surface area contributed by atoms with Gasteiger partial charge in [-0.2, -0.15) is 0 Å². The van der Waals surface area contributed by atoms with Gasteiger partial charge in [0.05, 0.1) is 14.2 Å². The molecule has 1 aromatic carbocycles. The van der Waals surface area contributed by atoms with Crippen molar-refractivity contribution in [2.45, 2.75) is 25.9 Å². The molecule has 0 radical (unpaired) electrons. The van der Waals surface area contributed by atoms with Crippen LogP contribution in [0.15, 0.2) is 18.2 Å². The molecule has 1 aliphatic heterocycles. The van der Waals surface area contributed by atoms with E-state index >= 15 is 0 Å². The first-order chi connectivity index (χ1) is 9.13. The number of hydrogen-bond acceptors (Lipinski definition) is 4. The molecule has 0 spiro atoms. The van der Waals surface area contributed by atoms with Crippen LogP contribution in [0.3, 0.4) is 0 Å². The molecule has 0 bridgehead atoms. The van der Waals surface area contributed by atoms with Crippen molar-refractivity contribution in [1.82, 2.24) is 4.90 Å². The summed E-state index contributed by atoms with van der Waals surface area (Å²) in [4.78, 5) is 2.45. The van der Waals surface area contributed by atoms with Gasteiger partial charge in [0.2, 0.25) is 0 Å². The van der Waals surface area contributed by atoms with Crippen molar-refractivity contribution in [1.29, 1.82) is 0 Å². The van der Waals surface area contributed by atoms with Gasteiger partial charge in [-0.1, -0.05) is 13.0 Å². The van der Waals surface area contributed by atoms with Crippen LogP contribution in [0.4, 0.5) is 0 Å². The van der Waals surface area contributed by atoms with E-state index < -0.39 is 0 Å². The van der Waals surface area contributed by atoms with E-state index in [1.165, 1.54) is 5.56 Å². The lowest BCUT2D eigenvalue weighted by molar-refractivity contribution is 0.157. The minimum absolute atomic E-state index is 0.349. The minimum atomic E-state index is 0.349. The number of rotatable bonds is 4. The Morgan fingerprint density at radius 2 is 2.00 bits per heavy atom. The fraction of sp³-hybridized carbons (Fsp3) is 0.600. The van der Waals surface area contributed by atoms with Crippen LogP contribution >= 0.6 is 0 Å². The first kappa shape index (κ1) is 14.2. The van der Waals surface area contributed by atoms with Crippen molar-refractivity contribution in [3.05, 3.63) is 23.8 Å². The van der Waals surface area contributed by atoms with E-state index in [1.54, 1.807) is 14.2 Å². The van der Waals surface area contributed by atoms with E-state index in [2.05, 4.69) is 24.0 Å². The predicted molar refractivity (Wildman–Crippen MR) is 76.6 cm³/mol. The first-order valence-corrected chi connectivity index (χ1v) is 6.83. The number of benzene rings is 1. The summed E-state index contributed by atoms with van der Waals surface area (Å²) in [6, 6.07) is 6.47. The largest absolute Gasteiger partial charge is 0.493 e. The van der Waals surface area contributed by atoms with Crippen LogP contribution in [-0.2, 0) is 6.54 Å². The van der Waals surface area contributed by atoms with Gasteiger partial charge in [0.25, 0.3) is 0 Å². The summed E-state index contributed by atoms with van der Waals surface area (Å²) in [5.74, 6) is 2.14. The Hall–Kier alpha value is -1.26. The zero-order valence-electron chi connectivity index (χ0n) is 12.1. The quantitative estimate of drug-likeness (QED) is 0.902. The second kappa shape index (κ2) is 6.26. The molecule has 1 heterocycles. The third kappa shape index (κ3) is 3.39. The molecule has 106 valence electrons. The second-order valence-corrected chi connectivity index (χ2v) is 5.35. The Bertz CT molecular complexity index is 423. The van der Waals surface area contributed by atoms with E-state index in [0.29, 0.717) is 12.0 Å². The van der Waals surface area contributed by atoms with Gasteiger partial charge in [-0.05, 0) is 36.6 Å². The zero-order chi connectivity index (χ0) is 13.8. The molecular weight excluding hydrogens is 240 g/mol. The van der Waals surface area contributed by atoms with Gasteiger partial charge in [-0.3, -0.25) is 4.90 Å². The highest BCUT2D eigenvalue weighted by atomic mass is 16.5. The maximum absolute atomic E-state index is 6.05. The van der Waals surface area contributed by atoms with Crippen molar-refractivity contribution in [2.75, 3.05) is 27.3 Å². The third-order valence-corrected chi connectivity index (χ3v) is 3.91. The molecule has 1 aromatic rings. The highest BCUT2D eigenvalue weighted by molar-refractivity contribution is 5.42. The summed E-state index contributed by atoms with van der Waals surface area (Å²) in [6.07, 6.45) is 1.08. The Kier molecular flexibility index (Phi) is 4.66. The van der Waals surface area contributed by atoms with Crippen molar-refractivity contribution in [2.24, 2.45) is 11.7 Å². The summed E-state index contributed by atoms with van der Waals surface area (Å²) in [7, 11) is 3.33. The first-order valence-electron chi connectivity index (χ1n) is 6.83. The molecule has 2 atom stereocenters. The number of ether oxygens (including phenoxy) is 2. The molecule has 0 saturated carbocycles. The summed E-state index contributed by atoms with van der Waals surface area (Å²) < 4.78 is 10.6. The van der Waals surface area contributed by atoms with Gasteiger partial charge < -0.3 is 15.2 Å². The third-order valence-electron chi connectivity index (χ3n) is 3.91. The van der Waals surface area contributed by atoms with E-state index in [-0.39, 0.29) is 0 Å². The number of likely N-dealkylation sites (tertiary alicyclic amines) is 1. The fourth-order valence-electron chi connectivity index (χ4n) is 2.63. The summed E-state index contributed by atoms with van der Waals surface area (Å²) in [6.45, 7) is 5.30. The van der Waals surface area contributed by atoms with Crippen LogP contribution < -0.4 is 15.2 Å². The molecule has 0 amide bonds. The van der Waals surface area contributed by atoms with Crippen LogP contribution in [-0.4, -0.2) is 38.3 Å². The molecule has 0 aliphatic carbocycles. The molecule has 2 unspecified atom stereocenters. The maximum Gasteiger partial charge on any atom is 0.161 e. The van der Waals surface area contributed by atoms with E-state index in [0.717, 1.165) is 37.6 Å². The van der Waals surface area contributed by atoms with Gasteiger partial charge in [-0.25, -0.2) is 0 Å². The van der Waals surface area contributed by atoms with Crippen molar-refractivity contribution < 1.29 is 9.47 Å². The lowest BCUT2D eigenvalue weighted by Crippen LogP contribution is -2.45. The molecule has 4 heteroatoms.